The molecule has 2 aromatic rings. The summed E-state index contributed by atoms with van der Waals surface area (Å²) >= 11 is 0. The number of carbonyl (C=O) groups excluding carboxylic acids is 1. The van der Waals surface area contributed by atoms with Gasteiger partial charge in [0.15, 0.2) is 0 Å². The lowest BCUT2D eigenvalue weighted by Gasteiger charge is -2.13. The van der Waals surface area contributed by atoms with Crippen LogP contribution in [0.1, 0.15) is 42.4 Å². The molecule has 0 radical (unpaired) electrons. The second-order valence-corrected chi connectivity index (χ2v) is 5.98. The number of aryl methyl sites for hydroxylation is 1. The number of amides is 2. The summed E-state index contributed by atoms with van der Waals surface area (Å²) in [7, 11) is 1.67. The molecule has 5 nitrogen and oxygen atoms in total. The Balaban J connectivity index is 1.54. The Morgan fingerprint density at radius 1 is 1.30 bits per heavy atom. The number of furan rings is 1. The van der Waals surface area contributed by atoms with Crippen LogP contribution in [-0.2, 0) is 0 Å². The first kappa shape index (κ1) is 15.5. The molecule has 5 heteroatoms. The van der Waals surface area contributed by atoms with Gasteiger partial charge in [-0.2, -0.15) is 0 Å². The third-order valence-electron chi connectivity index (χ3n) is 4.18. The molecule has 1 aromatic heterocycles. The fourth-order valence-corrected chi connectivity index (χ4v) is 2.83. The van der Waals surface area contributed by atoms with Crippen LogP contribution in [0.5, 0.6) is 5.75 Å². The van der Waals surface area contributed by atoms with Gasteiger partial charge in [0.05, 0.1) is 13.2 Å². The van der Waals surface area contributed by atoms with Crippen molar-refractivity contribution in [2.75, 3.05) is 7.11 Å². The van der Waals surface area contributed by atoms with Gasteiger partial charge in [-0.05, 0) is 44.0 Å². The van der Waals surface area contributed by atoms with Crippen molar-refractivity contribution in [2.45, 2.75) is 38.3 Å². The Bertz CT molecular complexity index is 695. The van der Waals surface area contributed by atoms with Crippen LogP contribution >= 0.6 is 0 Å². The van der Waals surface area contributed by atoms with Crippen molar-refractivity contribution in [3.05, 3.63) is 53.5 Å². The molecule has 1 aliphatic carbocycles. The first-order valence-corrected chi connectivity index (χ1v) is 7.84. The molecule has 23 heavy (non-hydrogen) atoms. The van der Waals surface area contributed by atoms with Gasteiger partial charge in [-0.15, -0.1) is 0 Å². The van der Waals surface area contributed by atoms with E-state index in [1.807, 2.05) is 44.2 Å². The van der Waals surface area contributed by atoms with Crippen LogP contribution in [-0.4, -0.2) is 19.2 Å². The largest absolute Gasteiger partial charge is 0.496 e. The third kappa shape index (κ3) is 3.50. The number of ether oxygens (including phenoxy) is 1. The number of carbonyl (C=O) groups is 1. The second-order valence-electron chi connectivity index (χ2n) is 5.98. The van der Waals surface area contributed by atoms with Gasteiger partial charge in [0.2, 0.25) is 0 Å². The fraction of sp³-hybridized carbons (Fsp3) is 0.389. The normalized spacial score (nSPS) is 20.7. The van der Waals surface area contributed by atoms with E-state index in [-0.39, 0.29) is 18.1 Å². The smallest absolute Gasteiger partial charge is 0.315 e. The molecule has 1 aliphatic rings. The van der Waals surface area contributed by atoms with Crippen molar-refractivity contribution >= 4 is 6.03 Å². The predicted molar refractivity (Wildman–Crippen MR) is 87.7 cm³/mol. The van der Waals surface area contributed by atoms with Gasteiger partial charge in [-0.1, -0.05) is 18.2 Å². The van der Waals surface area contributed by atoms with Gasteiger partial charge in [-0.25, -0.2) is 4.79 Å². The summed E-state index contributed by atoms with van der Waals surface area (Å²) in [5, 5.41) is 5.92. The average molecular weight is 314 g/mol. The summed E-state index contributed by atoms with van der Waals surface area (Å²) in [5.74, 6) is 2.79. The molecule has 0 spiro atoms. The monoisotopic (exact) mass is 314 g/mol. The lowest BCUT2D eigenvalue weighted by atomic mass is 10.1. The van der Waals surface area contributed by atoms with E-state index in [4.69, 9.17) is 9.15 Å². The molecule has 3 rings (SSSR count). The molecule has 0 bridgehead atoms. The Kier molecular flexibility index (Phi) is 4.28. The molecular formula is C18H22N2O3. The van der Waals surface area contributed by atoms with Crippen molar-refractivity contribution < 1.29 is 13.9 Å². The number of rotatable bonds is 5. The Hall–Kier alpha value is -2.43. The van der Waals surface area contributed by atoms with Gasteiger partial charge in [0, 0.05) is 12.0 Å². The van der Waals surface area contributed by atoms with E-state index in [2.05, 4.69) is 16.7 Å². The van der Waals surface area contributed by atoms with Crippen molar-refractivity contribution in [3.8, 4) is 5.75 Å². The summed E-state index contributed by atoms with van der Waals surface area (Å²) in [6, 6.07) is 11.5. The molecule has 1 heterocycles. The number of urea groups is 1. The molecule has 1 saturated carbocycles. The lowest BCUT2D eigenvalue weighted by molar-refractivity contribution is 0.235. The van der Waals surface area contributed by atoms with Crippen LogP contribution in [0, 0.1) is 6.92 Å². The number of nitrogens with one attached hydrogen (secondary N) is 2. The van der Waals surface area contributed by atoms with Crippen molar-refractivity contribution in [3.63, 3.8) is 0 Å². The average Bonchev–Trinajstić information content (AvgIpc) is 3.15. The lowest BCUT2D eigenvalue weighted by Crippen LogP contribution is -2.38. The molecule has 122 valence electrons. The molecular weight excluding hydrogens is 292 g/mol. The molecule has 0 aliphatic heterocycles. The van der Waals surface area contributed by atoms with E-state index in [1.165, 1.54) is 0 Å². The minimum absolute atomic E-state index is 0.150. The minimum Gasteiger partial charge on any atom is -0.496 e. The van der Waals surface area contributed by atoms with Crippen LogP contribution in [0.4, 0.5) is 4.79 Å². The molecule has 0 saturated heterocycles. The molecule has 3 atom stereocenters. The molecule has 1 fully saturated rings. The quantitative estimate of drug-likeness (QED) is 0.887. The number of benzene rings is 1. The van der Waals surface area contributed by atoms with E-state index < -0.39 is 0 Å². The molecule has 0 unspecified atom stereocenters. The zero-order chi connectivity index (χ0) is 16.4. The summed E-state index contributed by atoms with van der Waals surface area (Å²) in [6.07, 6.45) is 0.933. The standard InChI is InChI=1S/C18H22N2O3/c1-11-8-9-16(23-11)12(2)19-18(21)20-15-10-14(15)13-6-4-5-7-17(13)22-3/h4-9,12,14-15H,10H2,1-3H3,(H2,19,20,21)/t12-,14-,15-/m0/s1. The fourth-order valence-electron chi connectivity index (χ4n) is 2.83. The first-order valence-electron chi connectivity index (χ1n) is 7.84. The van der Waals surface area contributed by atoms with Crippen LogP contribution in [0.15, 0.2) is 40.8 Å². The second kappa shape index (κ2) is 6.36. The van der Waals surface area contributed by atoms with E-state index in [1.54, 1.807) is 7.11 Å². The van der Waals surface area contributed by atoms with Gasteiger partial charge >= 0.3 is 6.03 Å². The van der Waals surface area contributed by atoms with Gasteiger partial charge < -0.3 is 19.8 Å². The molecule has 1 aromatic carbocycles. The summed E-state index contributed by atoms with van der Waals surface area (Å²) in [6.45, 7) is 3.79. The predicted octanol–water partition coefficient (Wildman–Crippen LogP) is 3.51. The Morgan fingerprint density at radius 2 is 2.09 bits per heavy atom. The maximum atomic E-state index is 12.1. The van der Waals surface area contributed by atoms with Gasteiger partial charge in [0.25, 0.3) is 0 Å². The number of para-hydroxylation sites is 1. The molecule has 2 N–H and O–H groups in total. The highest BCUT2D eigenvalue weighted by Gasteiger charge is 2.41. The van der Waals surface area contributed by atoms with Crippen molar-refractivity contribution in [1.29, 1.82) is 0 Å². The third-order valence-corrected chi connectivity index (χ3v) is 4.18. The van der Waals surface area contributed by atoms with E-state index in [9.17, 15) is 4.79 Å². The van der Waals surface area contributed by atoms with Crippen molar-refractivity contribution in [1.82, 2.24) is 10.6 Å². The van der Waals surface area contributed by atoms with Crippen LogP contribution in [0.3, 0.4) is 0 Å². The topological polar surface area (TPSA) is 63.5 Å². The van der Waals surface area contributed by atoms with E-state index in [0.29, 0.717) is 5.92 Å². The Morgan fingerprint density at radius 3 is 2.78 bits per heavy atom. The number of hydrogen-bond acceptors (Lipinski definition) is 3. The van der Waals surface area contributed by atoms with E-state index in [0.717, 1.165) is 29.3 Å². The van der Waals surface area contributed by atoms with Gasteiger partial charge in [-0.3, -0.25) is 0 Å². The Labute approximate surface area is 136 Å². The highest BCUT2D eigenvalue weighted by molar-refractivity contribution is 5.75. The highest BCUT2D eigenvalue weighted by Crippen LogP contribution is 2.44. The number of methoxy groups -OCH3 is 1. The number of hydrogen-bond donors (Lipinski definition) is 2. The summed E-state index contributed by atoms with van der Waals surface area (Å²) < 4.78 is 10.9. The maximum absolute atomic E-state index is 12.1. The zero-order valence-corrected chi connectivity index (χ0v) is 13.6. The summed E-state index contributed by atoms with van der Waals surface area (Å²) in [4.78, 5) is 12.1. The summed E-state index contributed by atoms with van der Waals surface area (Å²) in [5.41, 5.74) is 1.15. The van der Waals surface area contributed by atoms with Crippen LogP contribution in [0.2, 0.25) is 0 Å². The SMILES string of the molecule is COc1ccccc1[C@@H]1C[C@@H]1NC(=O)N[C@@H](C)c1ccc(C)o1. The van der Waals surface area contributed by atoms with Crippen LogP contribution < -0.4 is 15.4 Å². The zero-order valence-electron chi connectivity index (χ0n) is 13.6. The highest BCUT2D eigenvalue weighted by atomic mass is 16.5. The molecule has 2 amide bonds. The van der Waals surface area contributed by atoms with Crippen molar-refractivity contribution in [2.24, 2.45) is 0 Å². The van der Waals surface area contributed by atoms with Gasteiger partial charge in [0.1, 0.15) is 17.3 Å². The minimum atomic E-state index is -0.172. The first-order chi connectivity index (χ1) is 11.1. The van der Waals surface area contributed by atoms with E-state index >= 15 is 0 Å². The maximum Gasteiger partial charge on any atom is 0.315 e. The van der Waals surface area contributed by atoms with Crippen LogP contribution in [0.25, 0.3) is 0 Å².